The second kappa shape index (κ2) is 4.70. The third-order valence-electron chi connectivity index (χ3n) is 2.68. The minimum Gasteiger partial charge on any atom is -0.383 e. The van der Waals surface area contributed by atoms with Crippen LogP contribution in [0.15, 0.2) is 11.1 Å². The van der Waals surface area contributed by atoms with Crippen LogP contribution in [0.1, 0.15) is 25.7 Å². The van der Waals surface area contributed by atoms with Crippen LogP contribution in [0.2, 0.25) is 0 Å². The highest BCUT2D eigenvalue weighted by molar-refractivity contribution is 7.99. The first-order chi connectivity index (χ1) is 7.24. The molecule has 0 bridgehead atoms. The maximum Gasteiger partial charge on any atom is 0.223 e. The molecule has 0 aliphatic heterocycles. The SMILES string of the molecule is Nc1cc(SCC2CCCC2)nc(N)n1. The molecule has 0 saturated heterocycles. The van der Waals surface area contributed by atoms with E-state index in [4.69, 9.17) is 11.5 Å². The van der Waals surface area contributed by atoms with Gasteiger partial charge in [0.15, 0.2) is 0 Å². The van der Waals surface area contributed by atoms with Gasteiger partial charge in [-0.2, -0.15) is 4.98 Å². The Bertz CT molecular complexity index is 316. The third-order valence-corrected chi connectivity index (χ3v) is 3.82. The maximum atomic E-state index is 5.60. The van der Waals surface area contributed by atoms with Gasteiger partial charge in [0.2, 0.25) is 5.95 Å². The molecule has 0 spiro atoms. The molecule has 1 fully saturated rings. The molecule has 0 amide bonds. The number of nitrogens with zero attached hydrogens (tertiary/aromatic N) is 2. The average molecular weight is 224 g/mol. The fourth-order valence-corrected chi connectivity index (χ4v) is 3.02. The summed E-state index contributed by atoms with van der Waals surface area (Å²) in [5, 5.41) is 0.895. The quantitative estimate of drug-likeness (QED) is 0.606. The molecular formula is C10H16N4S. The van der Waals surface area contributed by atoms with E-state index in [1.165, 1.54) is 25.7 Å². The summed E-state index contributed by atoms with van der Waals surface area (Å²) in [7, 11) is 0. The summed E-state index contributed by atoms with van der Waals surface area (Å²) in [6.07, 6.45) is 5.45. The zero-order valence-corrected chi connectivity index (χ0v) is 9.46. The third kappa shape index (κ3) is 2.99. The van der Waals surface area contributed by atoms with Gasteiger partial charge in [-0.25, -0.2) is 4.98 Å². The van der Waals surface area contributed by atoms with Crippen molar-refractivity contribution in [2.75, 3.05) is 17.2 Å². The highest BCUT2D eigenvalue weighted by Gasteiger charge is 2.15. The number of rotatable bonds is 3. The van der Waals surface area contributed by atoms with Crippen LogP contribution < -0.4 is 11.5 Å². The first-order valence-electron chi connectivity index (χ1n) is 5.27. The topological polar surface area (TPSA) is 77.8 Å². The van der Waals surface area contributed by atoms with Gasteiger partial charge >= 0.3 is 0 Å². The Morgan fingerprint density at radius 2 is 2.00 bits per heavy atom. The normalized spacial score (nSPS) is 17.1. The molecule has 15 heavy (non-hydrogen) atoms. The van der Waals surface area contributed by atoms with Gasteiger partial charge in [0.25, 0.3) is 0 Å². The molecule has 0 atom stereocenters. The number of hydrogen-bond donors (Lipinski definition) is 2. The van der Waals surface area contributed by atoms with Gasteiger partial charge in [0, 0.05) is 11.8 Å². The number of thioether (sulfide) groups is 1. The predicted octanol–water partition coefficient (Wildman–Crippen LogP) is 1.92. The summed E-state index contributed by atoms with van der Waals surface area (Å²) < 4.78 is 0. The standard InChI is InChI=1S/C10H16N4S/c11-8-5-9(14-10(12)13-8)15-6-7-3-1-2-4-7/h5,7H,1-4,6H2,(H4,11,12,13,14). The van der Waals surface area contributed by atoms with E-state index in [0.717, 1.165) is 16.7 Å². The van der Waals surface area contributed by atoms with Crippen LogP contribution in [0.5, 0.6) is 0 Å². The molecule has 1 aromatic rings. The lowest BCUT2D eigenvalue weighted by Gasteiger charge is -2.07. The van der Waals surface area contributed by atoms with E-state index in [1.54, 1.807) is 17.8 Å². The van der Waals surface area contributed by atoms with Crippen molar-refractivity contribution < 1.29 is 0 Å². The smallest absolute Gasteiger partial charge is 0.223 e. The Kier molecular flexibility index (Phi) is 3.30. The fraction of sp³-hybridized carbons (Fsp3) is 0.600. The van der Waals surface area contributed by atoms with Crippen LogP contribution in [0.4, 0.5) is 11.8 Å². The molecule has 1 aliphatic carbocycles. The summed E-state index contributed by atoms with van der Waals surface area (Å²) in [4.78, 5) is 7.99. The van der Waals surface area contributed by atoms with Crippen molar-refractivity contribution in [3.05, 3.63) is 6.07 Å². The van der Waals surface area contributed by atoms with Crippen molar-refractivity contribution in [3.63, 3.8) is 0 Å². The molecule has 5 heteroatoms. The van der Waals surface area contributed by atoms with Crippen molar-refractivity contribution in [1.82, 2.24) is 9.97 Å². The number of nitrogens with two attached hydrogens (primary N) is 2. The van der Waals surface area contributed by atoms with Gasteiger partial charge in [-0.3, -0.25) is 0 Å². The molecule has 1 aliphatic rings. The van der Waals surface area contributed by atoms with Crippen LogP contribution >= 0.6 is 11.8 Å². The summed E-state index contributed by atoms with van der Waals surface area (Å²) in [6.45, 7) is 0. The van der Waals surface area contributed by atoms with E-state index < -0.39 is 0 Å². The highest BCUT2D eigenvalue weighted by Crippen LogP contribution is 2.30. The number of aromatic nitrogens is 2. The van der Waals surface area contributed by atoms with Crippen LogP contribution in [0.25, 0.3) is 0 Å². The van der Waals surface area contributed by atoms with E-state index >= 15 is 0 Å². The van der Waals surface area contributed by atoms with Gasteiger partial charge in [-0.05, 0) is 18.8 Å². The van der Waals surface area contributed by atoms with Crippen molar-refractivity contribution in [3.8, 4) is 0 Å². The van der Waals surface area contributed by atoms with E-state index in [0.29, 0.717) is 5.82 Å². The van der Waals surface area contributed by atoms with E-state index in [1.807, 2.05) is 0 Å². The Labute approximate surface area is 93.9 Å². The Morgan fingerprint density at radius 3 is 2.67 bits per heavy atom. The number of anilines is 2. The van der Waals surface area contributed by atoms with Crippen LogP contribution in [0.3, 0.4) is 0 Å². The van der Waals surface area contributed by atoms with Gasteiger partial charge in [0.05, 0.1) is 0 Å². The van der Waals surface area contributed by atoms with E-state index in [9.17, 15) is 0 Å². The van der Waals surface area contributed by atoms with Crippen LogP contribution in [-0.2, 0) is 0 Å². The second-order valence-corrected chi connectivity index (χ2v) is 4.99. The lowest BCUT2D eigenvalue weighted by atomic mass is 10.1. The number of nitrogen functional groups attached to an aromatic ring is 2. The molecular weight excluding hydrogens is 208 g/mol. The molecule has 1 heterocycles. The molecule has 0 unspecified atom stereocenters. The Hall–Kier alpha value is -0.970. The summed E-state index contributed by atoms with van der Waals surface area (Å²) >= 11 is 1.73. The number of hydrogen-bond acceptors (Lipinski definition) is 5. The first-order valence-corrected chi connectivity index (χ1v) is 6.25. The molecule has 1 aromatic heterocycles. The zero-order valence-electron chi connectivity index (χ0n) is 8.65. The second-order valence-electron chi connectivity index (χ2n) is 3.95. The van der Waals surface area contributed by atoms with Crippen molar-refractivity contribution >= 4 is 23.5 Å². The van der Waals surface area contributed by atoms with Gasteiger partial charge < -0.3 is 11.5 Å². The van der Waals surface area contributed by atoms with Crippen molar-refractivity contribution in [2.45, 2.75) is 30.7 Å². The predicted molar refractivity (Wildman–Crippen MR) is 63.5 cm³/mol. The van der Waals surface area contributed by atoms with Crippen LogP contribution in [0, 0.1) is 5.92 Å². The Balaban J connectivity index is 1.92. The maximum absolute atomic E-state index is 5.60. The van der Waals surface area contributed by atoms with Crippen molar-refractivity contribution in [1.29, 1.82) is 0 Å². The fourth-order valence-electron chi connectivity index (χ4n) is 1.92. The molecule has 4 N–H and O–H groups in total. The lowest BCUT2D eigenvalue weighted by Crippen LogP contribution is -2.02. The van der Waals surface area contributed by atoms with Gasteiger partial charge in [-0.15, -0.1) is 11.8 Å². The molecule has 2 rings (SSSR count). The largest absolute Gasteiger partial charge is 0.383 e. The monoisotopic (exact) mass is 224 g/mol. The van der Waals surface area contributed by atoms with E-state index in [2.05, 4.69) is 9.97 Å². The highest BCUT2D eigenvalue weighted by atomic mass is 32.2. The minimum atomic E-state index is 0.268. The van der Waals surface area contributed by atoms with Gasteiger partial charge in [-0.1, -0.05) is 12.8 Å². The van der Waals surface area contributed by atoms with E-state index in [-0.39, 0.29) is 5.95 Å². The first kappa shape index (κ1) is 10.5. The van der Waals surface area contributed by atoms with Gasteiger partial charge in [0.1, 0.15) is 10.8 Å². The molecule has 82 valence electrons. The summed E-state index contributed by atoms with van der Waals surface area (Å²) in [5.74, 6) is 2.68. The zero-order chi connectivity index (χ0) is 10.7. The summed E-state index contributed by atoms with van der Waals surface area (Å²) in [5.41, 5.74) is 11.1. The minimum absolute atomic E-state index is 0.268. The molecule has 1 saturated carbocycles. The molecule has 0 aromatic carbocycles. The molecule has 4 nitrogen and oxygen atoms in total. The van der Waals surface area contributed by atoms with Crippen molar-refractivity contribution in [2.24, 2.45) is 5.92 Å². The Morgan fingerprint density at radius 1 is 1.27 bits per heavy atom. The average Bonchev–Trinajstić information content (AvgIpc) is 2.65. The van der Waals surface area contributed by atoms with Crippen LogP contribution in [-0.4, -0.2) is 15.7 Å². The molecule has 0 radical (unpaired) electrons. The summed E-state index contributed by atoms with van der Waals surface area (Å²) in [6, 6.07) is 1.79. The lowest BCUT2D eigenvalue weighted by molar-refractivity contribution is 0.623.